The smallest absolute Gasteiger partial charge is 0.224 e. The van der Waals surface area contributed by atoms with E-state index < -0.39 is 0 Å². The monoisotopic (exact) mass is 272 g/mol. The van der Waals surface area contributed by atoms with Gasteiger partial charge in [-0.2, -0.15) is 0 Å². The van der Waals surface area contributed by atoms with Crippen LogP contribution >= 0.6 is 0 Å². The number of aryl methyl sites for hydroxylation is 1. The van der Waals surface area contributed by atoms with Gasteiger partial charge in [0, 0.05) is 24.0 Å². The molecule has 0 aliphatic rings. The molecule has 1 amide bonds. The summed E-state index contributed by atoms with van der Waals surface area (Å²) in [5, 5.41) is 2.94. The summed E-state index contributed by atoms with van der Waals surface area (Å²) in [5.41, 5.74) is 3.17. The quantitative estimate of drug-likeness (QED) is 0.906. The van der Waals surface area contributed by atoms with Crippen molar-refractivity contribution in [3.8, 4) is 5.75 Å². The molecule has 1 heterocycles. The lowest BCUT2D eigenvalue weighted by molar-refractivity contribution is -0.120. The molecule has 2 aromatic rings. The molecule has 0 aliphatic heterocycles. The van der Waals surface area contributed by atoms with E-state index in [9.17, 15) is 4.79 Å². The van der Waals surface area contributed by atoms with Crippen molar-refractivity contribution in [2.75, 3.05) is 7.11 Å². The highest BCUT2D eigenvalue weighted by Gasteiger charge is 2.09. The first-order chi connectivity index (χ1) is 9.61. The van der Waals surface area contributed by atoms with E-state index in [1.807, 2.05) is 50.4 Å². The van der Waals surface area contributed by atoms with Crippen LogP contribution in [0.15, 0.2) is 36.4 Å². The Bertz CT molecular complexity index is 602. The largest absolute Gasteiger partial charge is 0.496 e. The minimum Gasteiger partial charge on any atom is -0.496 e. The van der Waals surface area contributed by atoms with Gasteiger partial charge in [-0.25, -0.2) is 0 Å². The highest BCUT2D eigenvalue weighted by atomic mass is 16.5. The number of amides is 1. The van der Waals surface area contributed by atoms with Gasteiger partial charge in [0.1, 0.15) is 5.75 Å². The Morgan fingerprint density at radius 3 is 2.65 bits per heavy atom. The second-order valence-corrected chi connectivity index (χ2v) is 4.79. The number of hydrogen-bond donors (Lipinski definition) is 1. The van der Waals surface area contributed by atoms with Gasteiger partial charge >= 0.3 is 0 Å². The van der Waals surface area contributed by atoms with Gasteiger partial charge in [-0.3, -0.25) is 4.79 Å². The Hall–Kier alpha value is -2.23. The second-order valence-electron chi connectivity index (χ2n) is 4.79. The van der Waals surface area contributed by atoms with Crippen molar-refractivity contribution >= 4 is 5.91 Å². The summed E-state index contributed by atoms with van der Waals surface area (Å²) in [5.74, 6) is 0.741. The molecule has 0 spiro atoms. The van der Waals surface area contributed by atoms with Crippen LogP contribution in [0, 0.1) is 6.92 Å². The minimum atomic E-state index is -0.00615. The van der Waals surface area contributed by atoms with Gasteiger partial charge in [-0.1, -0.05) is 18.2 Å². The third-order valence-electron chi connectivity index (χ3n) is 3.49. The molecule has 0 unspecified atom stereocenters. The molecule has 1 aromatic carbocycles. The first kappa shape index (κ1) is 14.2. The van der Waals surface area contributed by atoms with Crippen molar-refractivity contribution in [3.63, 3.8) is 0 Å². The molecule has 0 bridgehead atoms. The number of carbonyl (C=O) groups is 1. The third-order valence-corrected chi connectivity index (χ3v) is 3.49. The number of methoxy groups -OCH3 is 1. The van der Waals surface area contributed by atoms with Gasteiger partial charge in [0.05, 0.1) is 20.1 Å². The number of rotatable bonds is 5. The predicted octanol–water partition coefficient (Wildman–Crippen LogP) is 2.20. The Morgan fingerprint density at radius 2 is 2.00 bits per heavy atom. The third kappa shape index (κ3) is 3.20. The fourth-order valence-electron chi connectivity index (χ4n) is 2.12. The van der Waals surface area contributed by atoms with Crippen LogP contribution in [0.25, 0.3) is 0 Å². The summed E-state index contributed by atoms with van der Waals surface area (Å²) in [6.07, 6.45) is 0.327. The fourth-order valence-corrected chi connectivity index (χ4v) is 2.12. The van der Waals surface area contributed by atoms with Gasteiger partial charge < -0.3 is 14.6 Å². The van der Waals surface area contributed by atoms with Crippen LogP contribution in [0.2, 0.25) is 0 Å². The molecule has 0 radical (unpaired) electrons. The molecular formula is C16H20N2O2. The summed E-state index contributed by atoms with van der Waals surface area (Å²) in [4.78, 5) is 12.0. The zero-order chi connectivity index (χ0) is 14.5. The summed E-state index contributed by atoms with van der Waals surface area (Å²) >= 11 is 0. The molecule has 4 heteroatoms. The second kappa shape index (κ2) is 6.28. The molecule has 1 aromatic heterocycles. The fraction of sp³-hybridized carbons (Fsp3) is 0.312. The zero-order valence-electron chi connectivity index (χ0n) is 12.1. The average Bonchev–Trinajstić information content (AvgIpc) is 2.77. The van der Waals surface area contributed by atoms with Gasteiger partial charge in [-0.05, 0) is 25.1 Å². The highest BCUT2D eigenvalue weighted by molar-refractivity contribution is 5.79. The van der Waals surface area contributed by atoms with Crippen molar-refractivity contribution in [1.29, 1.82) is 0 Å². The molecule has 0 atom stereocenters. The number of hydrogen-bond acceptors (Lipinski definition) is 2. The first-order valence-corrected chi connectivity index (χ1v) is 6.61. The van der Waals surface area contributed by atoms with Crippen LogP contribution in [0.1, 0.15) is 17.0 Å². The maximum atomic E-state index is 12.0. The van der Waals surface area contributed by atoms with E-state index in [0.29, 0.717) is 13.0 Å². The number of carbonyl (C=O) groups excluding carboxylic acids is 1. The maximum absolute atomic E-state index is 12.0. The number of para-hydroxylation sites is 1. The first-order valence-electron chi connectivity index (χ1n) is 6.61. The van der Waals surface area contributed by atoms with E-state index >= 15 is 0 Å². The van der Waals surface area contributed by atoms with E-state index in [0.717, 1.165) is 17.0 Å². The lowest BCUT2D eigenvalue weighted by Crippen LogP contribution is -2.25. The van der Waals surface area contributed by atoms with Crippen molar-refractivity contribution in [2.24, 2.45) is 7.05 Å². The van der Waals surface area contributed by atoms with Crippen LogP contribution in [0.5, 0.6) is 5.75 Å². The van der Waals surface area contributed by atoms with Gasteiger partial charge in [0.15, 0.2) is 0 Å². The topological polar surface area (TPSA) is 43.3 Å². The molecule has 20 heavy (non-hydrogen) atoms. The number of nitrogens with one attached hydrogen (secondary N) is 1. The number of nitrogens with zero attached hydrogens (tertiary/aromatic N) is 1. The van der Waals surface area contributed by atoms with E-state index in [1.165, 1.54) is 5.69 Å². The van der Waals surface area contributed by atoms with Crippen molar-refractivity contribution in [1.82, 2.24) is 9.88 Å². The summed E-state index contributed by atoms with van der Waals surface area (Å²) in [6.45, 7) is 2.58. The van der Waals surface area contributed by atoms with Crippen LogP contribution in [0.3, 0.4) is 0 Å². The highest BCUT2D eigenvalue weighted by Crippen LogP contribution is 2.17. The normalized spacial score (nSPS) is 10.3. The number of ether oxygens (including phenoxy) is 1. The molecule has 2 rings (SSSR count). The van der Waals surface area contributed by atoms with E-state index in [-0.39, 0.29) is 5.91 Å². The molecule has 1 N–H and O–H groups in total. The molecule has 0 fully saturated rings. The lowest BCUT2D eigenvalue weighted by atomic mass is 10.1. The Labute approximate surface area is 119 Å². The van der Waals surface area contributed by atoms with E-state index in [4.69, 9.17) is 4.74 Å². The standard InChI is InChI=1S/C16H20N2O2/c1-12-8-9-14(18(12)2)11-17-16(19)10-13-6-4-5-7-15(13)20-3/h4-9H,10-11H2,1-3H3,(H,17,19). The van der Waals surface area contributed by atoms with E-state index in [2.05, 4.69) is 9.88 Å². The summed E-state index contributed by atoms with van der Waals surface area (Å²) < 4.78 is 7.32. The van der Waals surface area contributed by atoms with Crippen LogP contribution in [0.4, 0.5) is 0 Å². The average molecular weight is 272 g/mol. The molecule has 0 aliphatic carbocycles. The SMILES string of the molecule is COc1ccccc1CC(=O)NCc1ccc(C)n1C. The maximum Gasteiger partial charge on any atom is 0.224 e. The van der Waals surface area contributed by atoms with Crippen LogP contribution in [-0.4, -0.2) is 17.6 Å². The van der Waals surface area contributed by atoms with Gasteiger partial charge in [0.2, 0.25) is 5.91 Å². The molecule has 106 valence electrons. The van der Waals surface area contributed by atoms with Crippen molar-refractivity contribution in [2.45, 2.75) is 19.9 Å². The molecule has 4 nitrogen and oxygen atoms in total. The van der Waals surface area contributed by atoms with Crippen molar-refractivity contribution < 1.29 is 9.53 Å². The Kier molecular flexibility index (Phi) is 4.45. The molecule has 0 saturated carbocycles. The predicted molar refractivity (Wildman–Crippen MR) is 78.7 cm³/mol. The van der Waals surface area contributed by atoms with Crippen LogP contribution < -0.4 is 10.1 Å². The number of aromatic nitrogens is 1. The van der Waals surface area contributed by atoms with E-state index in [1.54, 1.807) is 7.11 Å². The number of benzene rings is 1. The van der Waals surface area contributed by atoms with Crippen molar-refractivity contribution in [3.05, 3.63) is 53.3 Å². The van der Waals surface area contributed by atoms with Gasteiger partial charge in [-0.15, -0.1) is 0 Å². The van der Waals surface area contributed by atoms with Gasteiger partial charge in [0.25, 0.3) is 0 Å². The Morgan fingerprint density at radius 1 is 1.25 bits per heavy atom. The Balaban J connectivity index is 1.94. The minimum absolute atomic E-state index is 0.00615. The molecular weight excluding hydrogens is 252 g/mol. The molecule has 0 saturated heterocycles. The van der Waals surface area contributed by atoms with Crippen LogP contribution in [-0.2, 0) is 24.8 Å². The summed E-state index contributed by atoms with van der Waals surface area (Å²) in [7, 11) is 3.61. The summed E-state index contributed by atoms with van der Waals surface area (Å²) in [6, 6.07) is 11.6. The lowest BCUT2D eigenvalue weighted by Gasteiger charge is -2.10. The zero-order valence-corrected chi connectivity index (χ0v) is 12.1.